The number of nitrogens with zero attached hydrogens (tertiary/aromatic N) is 2. The molecule has 12 rings (SSSR count). The van der Waals surface area contributed by atoms with Gasteiger partial charge in [0, 0.05) is 39.5 Å². The number of anilines is 6. The van der Waals surface area contributed by atoms with E-state index in [-0.39, 0.29) is 44.6 Å². The molecule has 2 aliphatic heterocycles. The highest BCUT2D eigenvalue weighted by molar-refractivity contribution is 7.00. The largest absolute Gasteiger partial charge is 0.311 e. The van der Waals surface area contributed by atoms with Gasteiger partial charge in [0.15, 0.2) is 0 Å². The van der Waals surface area contributed by atoms with E-state index in [1.807, 2.05) is 0 Å². The van der Waals surface area contributed by atoms with Crippen LogP contribution in [-0.4, -0.2) is 6.71 Å². The van der Waals surface area contributed by atoms with E-state index in [2.05, 4.69) is 211 Å². The van der Waals surface area contributed by atoms with Gasteiger partial charge in [-0.05, 0) is 204 Å². The van der Waals surface area contributed by atoms with E-state index >= 15 is 0 Å². The van der Waals surface area contributed by atoms with Gasteiger partial charge in [0.2, 0.25) is 0 Å². The van der Waals surface area contributed by atoms with Gasteiger partial charge in [-0.2, -0.15) is 0 Å². The lowest BCUT2D eigenvalue weighted by Crippen LogP contribution is -2.62. The molecule has 4 aliphatic carbocycles. The molecule has 0 N–H and O–H groups in total. The Morgan fingerprint density at radius 2 is 0.746 bits per heavy atom. The second kappa shape index (κ2) is 13.4. The van der Waals surface area contributed by atoms with Crippen LogP contribution in [0.15, 0.2) is 97.1 Å². The fourth-order valence-corrected chi connectivity index (χ4v) is 14.4. The van der Waals surface area contributed by atoms with Crippen LogP contribution in [0.1, 0.15) is 186 Å². The van der Waals surface area contributed by atoms with Crippen LogP contribution in [-0.2, 0) is 37.9 Å². The van der Waals surface area contributed by atoms with Crippen molar-refractivity contribution in [1.82, 2.24) is 0 Å². The molecule has 0 radical (unpaired) electrons. The normalized spacial score (nSPS) is 21.7. The molecule has 0 saturated carbocycles. The molecule has 2 nitrogen and oxygen atoms in total. The summed E-state index contributed by atoms with van der Waals surface area (Å²) in [4.78, 5) is 5.44. The van der Waals surface area contributed by atoms with E-state index in [0.29, 0.717) is 0 Å². The predicted octanol–water partition coefficient (Wildman–Crippen LogP) is 15.4. The maximum Gasteiger partial charge on any atom is 0.252 e. The van der Waals surface area contributed by atoms with E-state index in [1.165, 1.54) is 150 Å². The minimum atomic E-state index is -0.110. The van der Waals surface area contributed by atoms with E-state index in [0.717, 1.165) is 0 Å². The van der Waals surface area contributed by atoms with Gasteiger partial charge in [-0.1, -0.05) is 145 Å². The van der Waals surface area contributed by atoms with Crippen molar-refractivity contribution in [1.29, 1.82) is 0 Å². The highest BCUT2D eigenvalue weighted by Crippen LogP contribution is 2.56. The average molecular weight is 881 g/mol. The molecule has 0 atom stereocenters. The van der Waals surface area contributed by atoms with Gasteiger partial charge in [0.25, 0.3) is 6.71 Å². The topological polar surface area (TPSA) is 6.48 Å². The van der Waals surface area contributed by atoms with Gasteiger partial charge in [0.1, 0.15) is 0 Å². The first-order valence-electron chi connectivity index (χ1n) is 25.8. The van der Waals surface area contributed by atoms with Crippen molar-refractivity contribution in [3.8, 4) is 11.1 Å². The number of benzene rings is 6. The Kier molecular flexibility index (Phi) is 8.65. The summed E-state index contributed by atoms with van der Waals surface area (Å²) in [6.45, 7) is 37.2. The molecule has 0 bridgehead atoms. The Bertz CT molecular complexity index is 3150. The maximum absolute atomic E-state index is 2.73. The van der Waals surface area contributed by atoms with Crippen molar-refractivity contribution in [3.05, 3.63) is 147 Å². The molecule has 0 spiro atoms. The molecule has 67 heavy (non-hydrogen) atoms. The monoisotopic (exact) mass is 881 g/mol. The molecular weight excluding hydrogens is 808 g/mol. The maximum atomic E-state index is 2.73. The molecule has 0 fully saturated rings. The van der Waals surface area contributed by atoms with Gasteiger partial charge in [-0.25, -0.2) is 0 Å². The number of rotatable bonds is 2. The molecule has 0 saturated heterocycles. The lowest BCUT2D eigenvalue weighted by molar-refractivity contribution is 0.332. The molecular formula is C64H73BN2. The van der Waals surface area contributed by atoms with Crippen LogP contribution in [0.4, 0.5) is 34.1 Å². The second-order valence-corrected chi connectivity index (χ2v) is 26.7. The molecule has 0 amide bonds. The summed E-state index contributed by atoms with van der Waals surface area (Å²) in [6, 6.07) is 40.0. The fourth-order valence-electron chi connectivity index (χ4n) is 14.4. The van der Waals surface area contributed by atoms with Gasteiger partial charge >= 0.3 is 0 Å². The Morgan fingerprint density at radius 1 is 0.358 bits per heavy atom. The van der Waals surface area contributed by atoms with Crippen LogP contribution in [0.5, 0.6) is 0 Å². The van der Waals surface area contributed by atoms with Crippen LogP contribution >= 0.6 is 0 Å². The fraction of sp³-hybridized carbons (Fsp3) is 0.438. The van der Waals surface area contributed by atoms with Crippen LogP contribution in [0.2, 0.25) is 0 Å². The average Bonchev–Trinajstić information content (AvgIpc) is 3.50. The zero-order valence-corrected chi connectivity index (χ0v) is 43.5. The highest BCUT2D eigenvalue weighted by atomic mass is 15.2. The van der Waals surface area contributed by atoms with Crippen molar-refractivity contribution in [2.75, 3.05) is 9.80 Å². The Morgan fingerprint density at radius 3 is 1.24 bits per heavy atom. The Labute approximate surface area is 403 Å². The molecule has 342 valence electrons. The highest BCUT2D eigenvalue weighted by Gasteiger charge is 2.49. The number of hydrogen-bond donors (Lipinski definition) is 0. The molecule has 6 aromatic carbocycles. The number of aryl methyl sites for hydroxylation is 1. The number of fused-ring (bicyclic) bond motifs is 10. The van der Waals surface area contributed by atoms with Crippen molar-refractivity contribution in [2.45, 2.75) is 180 Å². The zero-order valence-electron chi connectivity index (χ0n) is 43.5. The SMILES string of the molecule is Cc1cc2c3c(c1)N(c1ccc4c(c1)C(C)(C)c1ccccc1-4)c1cc4c(cc1B3c1cc3c(cc1N2c1ccc2c(c1)C(C)(C)CCC2(C)C)C(C)(C)CCC3(C)C)C(C)(C)CCC4(C)C. The third-order valence-corrected chi connectivity index (χ3v) is 19.1. The molecule has 0 aromatic heterocycles. The van der Waals surface area contributed by atoms with E-state index < -0.39 is 0 Å². The van der Waals surface area contributed by atoms with Gasteiger partial charge in [-0.3, -0.25) is 0 Å². The minimum Gasteiger partial charge on any atom is -0.311 e. The zero-order chi connectivity index (χ0) is 47.3. The van der Waals surface area contributed by atoms with Crippen molar-refractivity contribution in [3.63, 3.8) is 0 Å². The smallest absolute Gasteiger partial charge is 0.252 e. The standard InChI is InChI=1S/C64H73BN2/c1-38-30-55-57-56(31-38)67(40-21-23-44-46(33-40)59(4,5)25-24-58(44,2)3)54-37-50-48(61(8,9)27-29-63(50,12)13)35-52(54)65(57)51-34-47-49(62(10,11)28-26-60(47,6)7)36-53(51)66(55)39-20-22-42-41-18-16-17-19-43(41)64(14,15)45(42)32-39/h16-23,30-37H,24-29H2,1-15H3. The summed E-state index contributed by atoms with van der Waals surface area (Å²) in [5.74, 6) is 0. The molecule has 2 heterocycles. The lowest BCUT2D eigenvalue weighted by Gasteiger charge is -2.49. The predicted molar refractivity (Wildman–Crippen MR) is 289 cm³/mol. The first kappa shape index (κ1) is 43.3. The molecule has 6 aromatic rings. The van der Waals surface area contributed by atoms with Gasteiger partial charge in [0.05, 0.1) is 0 Å². The molecule has 3 heteroatoms. The molecule has 0 unspecified atom stereocenters. The van der Waals surface area contributed by atoms with E-state index in [9.17, 15) is 0 Å². The molecule has 6 aliphatic rings. The van der Waals surface area contributed by atoms with E-state index in [1.54, 1.807) is 0 Å². The van der Waals surface area contributed by atoms with Crippen LogP contribution in [0.3, 0.4) is 0 Å². The summed E-state index contributed by atoms with van der Waals surface area (Å²) in [5, 5.41) is 0. The van der Waals surface area contributed by atoms with Crippen molar-refractivity contribution >= 4 is 57.2 Å². The summed E-state index contributed by atoms with van der Waals surface area (Å²) < 4.78 is 0. The third kappa shape index (κ3) is 5.94. The van der Waals surface area contributed by atoms with Gasteiger partial charge in [-0.15, -0.1) is 0 Å². The summed E-state index contributed by atoms with van der Waals surface area (Å²) in [5.41, 5.74) is 28.7. The third-order valence-electron chi connectivity index (χ3n) is 19.1. The quantitative estimate of drug-likeness (QED) is 0.160. The van der Waals surface area contributed by atoms with Crippen LogP contribution < -0.4 is 26.2 Å². The van der Waals surface area contributed by atoms with Crippen molar-refractivity contribution in [2.24, 2.45) is 0 Å². The van der Waals surface area contributed by atoms with Gasteiger partial charge < -0.3 is 9.80 Å². The summed E-state index contributed by atoms with van der Waals surface area (Å²) in [6.07, 6.45) is 7.16. The van der Waals surface area contributed by atoms with Crippen LogP contribution in [0.25, 0.3) is 11.1 Å². The van der Waals surface area contributed by atoms with E-state index in [4.69, 9.17) is 0 Å². The summed E-state index contributed by atoms with van der Waals surface area (Å²) in [7, 11) is 0. The summed E-state index contributed by atoms with van der Waals surface area (Å²) >= 11 is 0. The second-order valence-electron chi connectivity index (χ2n) is 26.7. The Hall–Kier alpha value is -5.02. The Balaban J connectivity index is 1.20. The lowest BCUT2D eigenvalue weighted by atomic mass is 9.32. The first-order valence-corrected chi connectivity index (χ1v) is 25.8. The van der Waals surface area contributed by atoms with Crippen LogP contribution in [0, 0.1) is 6.92 Å². The minimum absolute atomic E-state index is 0.0654. The van der Waals surface area contributed by atoms with Crippen molar-refractivity contribution < 1.29 is 0 Å². The first-order chi connectivity index (χ1) is 31.3. The number of hydrogen-bond acceptors (Lipinski definition) is 2.